The molecule has 1 aromatic heterocycles. The fourth-order valence-electron chi connectivity index (χ4n) is 2.42. The summed E-state index contributed by atoms with van der Waals surface area (Å²) in [5, 5.41) is 11.7. The number of fused-ring (bicyclic) bond motifs is 1. The number of nitrogens with zero attached hydrogens (tertiary/aromatic N) is 1. The number of non-ortho nitro benzene ring substituents is 1. The molecule has 0 spiro atoms. The van der Waals surface area contributed by atoms with Gasteiger partial charge in [0.1, 0.15) is 0 Å². The largest absolute Gasteiger partial charge is 0.497 e. The molecule has 21 heavy (non-hydrogen) atoms. The van der Waals surface area contributed by atoms with E-state index in [0.717, 1.165) is 10.8 Å². The van der Waals surface area contributed by atoms with Gasteiger partial charge in [0.2, 0.25) is 0 Å². The molecule has 1 saturated heterocycles. The van der Waals surface area contributed by atoms with Crippen LogP contribution in [0.3, 0.4) is 0 Å². The number of aromatic nitrogens is 1. The molecule has 0 atom stereocenters. The molecule has 2 heterocycles. The monoisotopic (exact) mass is 288 g/mol. The molecule has 3 rings (SSSR count). The summed E-state index contributed by atoms with van der Waals surface area (Å²) in [4.78, 5) is 13.5. The Morgan fingerprint density at radius 1 is 1.19 bits per heavy atom. The zero-order chi connectivity index (χ0) is 15.4. The second-order valence-corrected chi connectivity index (χ2v) is 6.32. The molecule has 0 radical (unpaired) electrons. The van der Waals surface area contributed by atoms with Crippen LogP contribution in [0.15, 0.2) is 24.4 Å². The highest BCUT2D eigenvalue weighted by molar-refractivity contribution is 6.65. The highest BCUT2D eigenvalue weighted by Gasteiger charge is 2.52. The Balaban J connectivity index is 2.01. The Morgan fingerprint density at radius 2 is 1.81 bits per heavy atom. The quantitative estimate of drug-likeness (QED) is 0.523. The number of rotatable bonds is 2. The van der Waals surface area contributed by atoms with Crippen LogP contribution in [0, 0.1) is 10.1 Å². The van der Waals surface area contributed by atoms with Gasteiger partial charge >= 0.3 is 7.12 Å². The first-order valence-electron chi connectivity index (χ1n) is 6.82. The summed E-state index contributed by atoms with van der Waals surface area (Å²) in [7, 11) is -0.481. The smallest absolute Gasteiger partial charge is 0.399 e. The lowest BCUT2D eigenvalue weighted by Gasteiger charge is -2.32. The van der Waals surface area contributed by atoms with Gasteiger partial charge in [-0.2, -0.15) is 0 Å². The van der Waals surface area contributed by atoms with Gasteiger partial charge in [-0.3, -0.25) is 10.1 Å². The zero-order valence-corrected chi connectivity index (χ0v) is 12.5. The molecule has 1 aromatic carbocycles. The van der Waals surface area contributed by atoms with Gasteiger partial charge in [-0.05, 0) is 39.1 Å². The molecule has 2 aromatic rings. The molecule has 1 aliphatic heterocycles. The van der Waals surface area contributed by atoms with E-state index in [0.29, 0.717) is 5.52 Å². The van der Waals surface area contributed by atoms with Crippen LogP contribution in [0.5, 0.6) is 0 Å². The van der Waals surface area contributed by atoms with E-state index in [1.807, 2.05) is 27.7 Å². The number of H-pyrrole nitrogens is 1. The molecule has 0 bridgehead atoms. The molecule has 6 nitrogen and oxygen atoms in total. The second kappa shape index (κ2) is 4.32. The molecule has 1 fully saturated rings. The summed E-state index contributed by atoms with van der Waals surface area (Å²) in [5.41, 5.74) is 0.793. The minimum absolute atomic E-state index is 0.0600. The van der Waals surface area contributed by atoms with Gasteiger partial charge in [0.15, 0.2) is 0 Å². The van der Waals surface area contributed by atoms with Crippen LogP contribution in [-0.2, 0) is 9.31 Å². The van der Waals surface area contributed by atoms with Crippen molar-refractivity contribution >= 4 is 29.2 Å². The van der Waals surface area contributed by atoms with E-state index in [1.54, 1.807) is 12.3 Å². The Kier molecular flexibility index (Phi) is 2.90. The van der Waals surface area contributed by atoms with Gasteiger partial charge in [0, 0.05) is 23.8 Å². The average Bonchev–Trinajstić information content (AvgIpc) is 2.87. The van der Waals surface area contributed by atoms with Crippen LogP contribution >= 0.6 is 0 Å². The van der Waals surface area contributed by atoms with Crippen molar-refractivity contribution in [3.63, 3.8) is 0 Å². The number of nitrogens with one attached hydrogen (secondary N) is 1. The van der Waals surface area contributed by atoms with Gasteiger partial charge in [0.25, 0.3) is 5.69 Å². The molecule has 0 amide bonds. The average molecular weight is 288 g/mol. The molecule has 0 saturated carbocycles. The molecule has 7 heteroatoms. The van der Waals surface area contributed by atoms with E-state index in [4.69, 9.17) is 9.31 Å². The molecular weight excluding hydrogens is 271 g/mol. The Bertz CT molecular complexity index is 707. The first-order chi connectivity index (χ1) is 9.71. The van der Waals surface area contributed by atoms with Gasteiger partial charge < -0.3 is 14.3 Å². The first kappa shape index (κ1) is 14.1. The lowest BCUT2D eigenvalue weighted by Crippen LogP contribution is -2.41. The van der Waals surface area contributed by atoms with Gasteiger partial charge in [0.05, 0.1) is 21.6 Å². The minimum atomic E-state index is -0.481. The molecule has 0 unspecified atom stereocenters. The third-order valence-corrected chi connectivity index (χ3v) is 4.42. The first-order valence-corrected chi connectivity index (χ1v) is 6.82. The fraction of sp³-hybridized carbons (Fsp3) is 0.429. The molecule has 1 N–H and O–H groups in total. The third kappa shape index (κ3) is 2.13. The van der Waals surface area contributed by atoms with Crippen molar-refractivity contribution in [1.29, 1.82) is 0 Å². The standard InChI is InChI=1S/C14H17BN2O4/c1-13(2)14(3,4)21-15(20-13)11-8-16-12-7-9(17(18)19)5-6-10(11)12/h5-8,16H,1-4H3. The Labute approximate surface area is 122 Å². The predicted octanol–water partition coefficient (Wildman–Crippen LogP) is 2.38. The topological polar surface area (TPSA) is 77.4 Å². The summed E-state index contributed by atoms with van der Waals surface area (Å²) in [5.74, 6) is 0. The number of aromatic amines is 1. The van der Waals surface area contributed by atoms with Crippen LogP contribution in [0.4, 0.5) is 5.69 Å². The maximum Gasteiger partial charge on any atom is 0.497 e. The summed E-state index contributed by atoms with van der Waals surface area (Å²) < 4.78 is 12.0. The van der Waals surface area contributed by atoms with Crippen LogP contribution in [0.25, 0.3) is 10.9 Å². The summed E-state index contributed by atoms with van der Waals surface area (Å²) in [6.07, 6.45) is 1.79. The summed E-state index contributed by atoms with van der Waals surface area (Å²) >= 11 is 0. The van der Waals surface area contributed by atoms with Gasteiger partial charge in [-0.1, -0.05) is 0 Å². The Morgan fingerprint density at radius 3 is 2.38 bits per heavy atom. The van der Waals surface area contributed by atoms with Crippen molar-refractivity contribution in [3.8, 4) is 0 Å². The highest BCUT2D eigenvalue weighted by atomic mass is 16.7. The van der Waals surface area contributed by atoms with E-state index >= 15 is 0 Å². The molecule has 1 aliphatic rings. The van der Waals surface area contributed by atoms with Gasteiger partial charge in [-0.25, -0.2) is 0 Å². The van der Waals surface area contributed by atoms with E-state index in [9.17, 15) is 10.1 Å². The summed E-state index contributed by atoms with van der Waals surface area (Å²) in [6.45, 7) is 7.97. The van der Waals surface area contributed by atoms with Crippen molar-refractivity contribution < 1.29 is 14.2 Å². The maximum absolute atomic E-state index is 10.8. The molecule has 0 aliphatic carbocycles. The zero-order valence-electron chi connectivity index (χ0n) is 12.5. The predicted molar refractivity (Wildman–Crippen MR) is 80.7 cm³/mol. The van der Waals surface area contributed by atoms with Crippen molar-refractivity contribution in [2.45, 2.75) is 38.9 Å². The second-order valence-electron chi connectivity index (χ2n) is 6.32. The van der Waals surface area contributed by atoms with Crippen molar-refractivity contribution in [2.75, 3.05) is 0 Å². The van der Waals surface area contributed by atoms with Crippen LogP contribution in [0.1, 0.15) is 27.7 Å². The fourth-order valence-corrected chi connectivity index (χ4v) is 2.42. The summed E-state index contributed by atoms with van der Waals surface area (Å²) in [6, 6.07) is 4.74. The minimum Gasteiger partial charge on any atom is -0.399 e. The third-order valence-electron chi connectivity index (χ3n) is 4.42. The normalized spacial score (nSPS) is 20.1. The van der Waals surface area contributed by atoms with Crippen molar-refractivity contribution in [2.24, 2.45) is 0 Å². The number of nitro groups is 1. The van der Waals surface area contributed by atoms with Crippen LogP contribution < -0.4 is 5.46 Å². The number of benzene rings is 1. The lowest BCUT2D eigenvalue weighted by atomic mass is 9.79. The van der Waals surface area contributed by atoms with Gasteiger partial charge in [-0.15, -0.1) is 0 Å². The Hall–Kier alpha value is -1.86. The molecule has 110 valence electrons. The SMILES string of the molecule is CC1(C)OB(c2c[nH]c3cc([N+](=O)[O-])ccc23)OC1(C)C. The van der Waals surface area contributed by atoms with Crippen LogP contribution in [-0.4, -0.2) is 28.2 Å². The van der Waals surface area contributed by atoms with Crippen LogP contribution in [0.2, 0.25) is 0 Å². The highest BCUT2D eigenvalue weighted by Crippen LogP contribution is 2.37. The molecular formula is C14H17BN2O4. The lowest BCUT2D eigenvalue weighted by molar-refractivity contribution is -0.384. The number of hydrogen-bond donors (Lipinski definition) is 1. The van der Waals surface area contributed by atoms with Crippen molar-refractivity contribution in [1.82, 2.24) is 4.98 Å². The van der Waals surface area contributed by atoms with Crippen molar-refractivity contribution in [3.05, 3.63) is 34.5 Å². The van der Waals surface area contributed by atoms with E-state index < -0.39 is 23.2 Å². The number of hydrogen-bond acceptors (Lipinski definition) is 4. The van der Waals surface area contributed by atoms with E-state index in [2.05, 4.69) is 4.98 Å². The van der Waals surface area contributed by atoms with E-state index in [-0.39, 0.29) is 5.69 Å². The maximum atomic E-state index is 10.8. The van der Waals surface area contributed by atoms with E-state index in [1.165, 1.54) is 12.1 Å². The number of nitro benzene ring substituents is 1.